The van der Waals surface area contributed by atoms with Crippen molar-refractivity contribution in [2.75, 3.05) is 12.4 Å². The molecule has 1 amide bonds. The number of anilines is 1. The topological polar surface area (TPSA) is 81.5 Å². The van der Waals surface area contributed by atoms with Crippen molar-refractivity contribution >= 4 is 33.2 Å². The number of carbonyl (C=O) groups is 1. The summed E-state index contributed by atoms with van der Waals surface area (Å²) >= 11 is 3.31. The lowest BCUT2D eigenvalue weighted by Crippen LogP contribution is -2.13. The third-order valence-corrected chi connectivity index (χ3v) is 3.78. The van der Waals surface area contributed by atoms with E-state index in [9.17, 15) is 14.9 Å². The number of halogens is 1. The van der Waals surface area contributed by atoms with Crippen LogP contribution in [-0.4, -0.2) is 17.9 Å². The number of hydrogen-bond donors (Lipinski definition) is 1. The quantitative estimate of drug-likeness (QED) is 0.658. The summed E-state index contributed by atoms with van der Waals surface area (Å²) in [5.41, 5.74) is 1.20. The van der Waals surface area contributed by atoms with Crippen LogP contribution in [0.2, 0.25) is 0 Å². The summed E-state index contributed by atoms with van der Waals surface area (Å²) in [6.07, 6.45) is 0. The second-order valence-corrected chi connectivity index (χ2v) is 5.36. The van der Waals surface area contributed by atoms with Crippen LogP contribution in [0.3, 0.4) is 0 Å². The standard InChI is InChI=1S/C15H13BrN2O4/c1-9-12(4-3-5-13(9)18(20)21)17-15(19)10-6-7-14(22-2)11(16)8-10/h3-8H,1-2H3,(H,17,19). The minimum Gasteiger partial charge on any atom is -0.496 e. The summed E-state index contributed by atoms with van der Waals surface area (Å²) < 4.78 is 5.76. The Morgan fingerprint density at radius 1 is 1.32 bits per heavy atom. The number of ether oxygens (including phenoxy) is 1. The molecule has 0 spiro atoms. The Morgan fingerprint density at radius 3 is 2.64 bits per heavy atom. The fraction of sp³-hybridized carbons (Fsp3) is 0.133. The predicted molar refractivity (Wildman–Crippen MR) is 86.5 cm³/mol. The van der Waals surface area contributed by atoms with Gasteiger partial charge >= 0.3 is 0 Å². The molecule has 0 aliphatic heterocycles. The van der Waals surface area contributed by atoms with Gasteiger partial charge in [0.2, 0.25) is 0 Å². The van der Waals surface area contributed by atoms with Crippen LogP contribution < -0.4 is 10.1 Å². The molecule has 0 aliphatic carbocycles. The normalized spacial score (nSPS) is 10.1. The summed E-state index contributed by atoms with van der Waals surface area (Å²) in [6, 6.07) is 9.46. The molecular formula is C15H13BrN2O4. The molecule has 2 aromatic carbocycles. The average Bonchev–Trinajstić information content (AvgIpc) is 2.48. The Labute approximate surface area is 135 Å². The van der Waals surface area contributed by atoms with E-state index < -0.39 is 4.92 Å². The van der Waals surface area contributed by atoms with Gasteiger partial charge in [-0.3, -0.25) is 14.9 Å². The molecule has 6 nitrogen and oxygen atoms in total. The summed E-state index contributed by atoms with van der Waals surface area (Å²) in [6.45, 7) is 1.59. The third kappa shape index (κ3) is 3.25. The largest absolute Gasteiger partial charge is 0.496 e. The zero-order valence-corrected chi connectivity index (χ0v) is 13.5. The van der Waals surface area contributed by atoms with Crippen molar-refractivity contribution < 1.29 is 14.5 Å². The number of carbonyl (C=O) groups excluding carboxylic acids is 1. The number of amides is 1. The highest BCUT2D eigenvalue weighted by Crippen LogP contribution is 2.28. The van der Waals surface area contributed by atoms with Gasteiger partial charge in [0.15, 0.2) is 0 Å². The van der Waals surface area contributed by atoms with Gasteiger partial charge in [0.05, 0.1) is 27.8 Å². The van der Waals surface area contributed by atoms with Gasteiger partial charge < -0.3 is 10.1 Å². The minimum absolute atomic E-state index is 0.0336. The van der Waals surface area contributed by atoms with Crippen LogP contribution in [0.25, 0.3) is 0 Å². The van der Waals surface area contributed by atoms with Crippen molar-refractivity contribution in [3.63, 3.8) is 0 Å². The van der Waals surface area contributed by atoms with Crippen molar-refractivity contribution in [2.24, 2.45) is 0 Å². The number of nitro groups is 1. The van der Waals surface area contributed by atoms with Crippen LogP contribution in [0.4, 0.5) is 11.4 Å². The summed E-state index contributed by atoms with van der Waals surface area (Å²) in [5, 5.41) is 13.6. The number of nitrogens with zero attached hydrogens (tertiary/aromatic N) is 1. The second-order valence-electron chi connectivity index (χ2n) is 4.51. The highest BCUT2D eigenvalue weighted by Gasteiger charge is 2.16. The van der Waals surface area contributed by atoms with E-state index in [1.54, 1.807) is 31.2 Å². The fourth-order valence-corrected chi connectivity index (χ4v) is 2.50. The molecule has 0 aromatic heterocycles. The lowest BCUT2D eigenvalue weighted by molar-refractivity contribution is -0.385. The number of benzene rings is 2. The van der Waals surface area contributed by atoms with Gasteiger partial charge in [-0.05, 0) is 47.1 Å². The molecule has 2 aromatic rings. The number of methoxy groups -OCH3 is 1. The lowest BCUT2D eigenvalue weighted by Gasteiger charge is -2.10. The van der Waals surface area contributed by atoms with Gasteiger partial charge in [-0.1, -0.05) is 6.07 Å². The first-order valence-electron chi connectivity index (χ1n) is 6.33. The molecule has 0 heterocycles. The summed E-state index contributed by atoms with van der Waals surface area (Å²) in [4.78, 5) is 22.7. The summed E-state index contributed by atoms with van der Waals surface area (Å²) in [5.74, 6) is 0.259. The molecule has 0 atom stereocenters. The first-order chi connectivity index (χ1) is 10.4. The van der Waals surface area contributed by atoms with Crippen LogP contribution in [0, 0.1) is 17.0 Å². The molecule has 1 N–H and O–H groups in total. The van der Waals surface area contributed by atoms with Gasteiger partial charge in [0.25, 0.3) is 11.6 Å². The van der Waals surface area contributed by atoms with E-state index in [-0.39, 0.29) is 11.6 Å². The average molecular weight is 365 g/mol. The molecule has 0 fully saturated rings. The van der Waals surface area contributed by atoms with Crippen LogP contribution in [0.5, 0.6) is 5.75 Å². The van der Waals surface area contributed by atoms with Gasteiger partial charge in [-0.2, -0.15) is 0 Å². The van der Waals surface area contributed by atoms with Crippen molar-refractivity contribution in [3.8, 4) is 5.75 Å². The zero-order valence-electron chi connectivity index (χ0n) is 11.9. The highest BCUT2D eigenvalue weighted by molar-refractivity contribution is 9.10. The van der Waals surface area contributed by atoms with E-state index in [2.05, 4.69) is 21.2 Å². The van der Waals surface area contributed by atoms with Crippen LogP contribution >= 0.6 is 15.9 Å². The van der Waals surface area contributed by atoms with Gasteiger partial charge in [0, 0.05) is 11.6 Å². The van der Waals surface area contributed by atoms with Gasteiger partial charge in [-0.25, -0.2) is 0 Å². The molecule has 0 saturated carbocycles. The molecule has 114 valence electrons. The van der Waals surface area contributed by atoms with E-state index in [1.165, 1.54) is 19.2 Å². The minimum atomic E-state index is -0.477. The first-order valence-corrected chi connectivity index (χ1v) is 7.12. The molecule has 0 saturated heterocycles. The Bertz CT molecular complexity index is 746. The lowest BCUT2D eigenvalue weighted by atomic mass is 10.1. The number of nitro benzene ring substituents is 1. The van der Waals surface area contributed by atoms with Crippen molar-refractivity contribution in [1.82, 2.24) is 0 Å². The maximum atomic E-state index is 12.3. The Balaban J connectivity index is 2.28. The van der Waals surface area contributed by atoms with Crippen molar-refractivity contribution in [3.05, 3.63) is 62.1 Å². The number of hydrogen-bond acceptors (Lipinski definition) is 4. The fourth-order valence-electron chi connectivity index (χ4n) is 1.96. The Kier molecular flexibility index (Phi) is 4.77. The zero-order chi connectivity index (χ0) is 16.3. The predicted octanol–water partition coefficient (Wildman–Crippen LogP) is 3.93. The van der Waals surface area contributed by atoms with Crippen molar-refractivity contribution in [2.45, 2.75) is 6.92 Å². The number of rotatable bonds is 4. The molecule has 2 rings (SSSR count). The number of nitrogens with one attached hydrogen (secondary N) is 1. The van der Waals surface area contributed by atoms with Crippen LogP contribution in [0.1, 0.15) is 15.9 Å². The molecule has 0 radical (unpaired) electrons. The second kappa shape index (κ2) is 6.57. The molecule has 22 heavy (non-hydrogen) atoms. The molecular weight excluding hydrogens is 352 g/mol. The SMILES string of the molecule is COc1ccc(C(=O)Nc2cccc([N+](=O)[O-])c2C)cc1Br. The van der Waals surface area contributed by atoms with E-state index in [1.807, 2.05) is 0 Å². The maximum absolute atomic E-state index is 12.3. The monoisotopic (exact) mass is 364 g/mol. The van der Waals surface area contributed by atoms with Crippen LogP contribution in [0.15, 0.2) is 40.9 Å². The molecule has 7 heteroatoms. The third-order valence-electron chi connectivity index (χ3n) is 3.16. The van der Waals surface area contributed by atoms with Crippen molar-refractivity contribution in [1.29, 1.82) is 0 Å². The van der Waals surface area contributed by atoms with Crippen LogP contribution in [-0.2, 0) is 0 Å². The van der Waals surface area contributed by atoms with E-state index in [4.69, 9.17) is 4.74 Å². The Hall–Kier alpha value is -2.41. The summed E-state index contributed by atoms with van der Waals surface area (Å²) in [7, 11) is 1.53. The maximum Gasteiger partial charge on any atom is 0.274 e. The first kappa shape index (κ1) is 16.0. The van der Waals surface area contributed by atoms with E-state index >= 15 is 0 Å². The van der Waals surface area contributed by atoms with Gasteiger partial charge in [-0.15, -0.1) is 0 Å². The Morgan fingerprint density at radius 2 is 2.05 bits per heavy atom. The smallest absolute Gasteiger partial charge is 0.274 e. The van der Waals surface area contributed by atoms with E-state index in [0.717, 1.165) is 0 Å². The molecule has 0 unspecified atom stereocenters. The van der Waals surface area contributed by atoms with Gasteiger partial charge in [0.1, 0.15) is 5.75 Å². The molecule has 0 bridgehead atoms. The van der Waals surface area contributed by atoms with E-state index in [0.29, 0.717) is 27.0 Å². The molecule has 0 aliphatic rings. The highest BCUT2D eigenvalue weighted by atomic mass is 79.9.